The number of rotatable bonds is 4. The van der Waals surface area contributed by atoms with E-state index in [1.165, 1.54) is 0 Å². The monoisotopic (exact) mass is 253 g/mol. The zero-order valence-corrected chi connectivity index (χ0v) is 11.0. The quantitative estimate of drug-likeness (QED) is 0.907. The molecule has 1 aromatic heterocycles. The molecule has 0 aliphatic carbocycles. The van der Waals surface area contributed by atoms with Gasteiger partial charge in [0.25, 0.3) is 0 Å². The molecule has 4 heteroatoms. The van der Waals surface area contributed by atoms with Crippen LogP contribution >= 0.6 is 0 Å². The number of anilines is 2. The van der Waals surface area contributed by atoms with Gasteiger partial charge in [0.2, 0.25) is 0 Å². The Labute approximate surface area is 112 Å². The first-order valence-corrected chi connectivity index (χ1v) is 6.10. The standard InChI is InChI=1S/C15H15N3O/c1-3-19-14-6-4-5-13(9-14)18-15-12(10-16)8-7-11(2)17-15/h4-9H,3H2,1-2H3,(H,17,18). The Morgan fingerprint density at radius 3 is 2.89 bits per heavy atom. The molecule has 4 nitrogen and oxygen atoms in total. The van der Waals surface area contributed by atoms with E-state index >= 15 is 0 Å². The molecular formula is C15H15N3O. The van der Waals surface area contributed by atoms with Gasteiger partial charge in [-0.25, -0.2) is 4.98 Å². The maximum Gasteiger partial charge on any atom is 0.148 e. The average Bonchev–Trinajstić information content (AvgIpc) is 2.40. The van der Waals surface area contributed by atoms with Crippen molar-refractivity contribution >= 4 is 11.5 Å². The van der Waals surface area contributed by atoms with Gasteiger partial charge in [-0.3, -0.25) is 0 Å². The zero-order valence-electron chi connectivity index (χ0n) is 11.0. The molecule has 0 saturated heterocycles. The Morgan fingerprint density at radius 2 is 2.16 bits per heavy atom. The predicted octanol–water partition coefficient (Wildman–Crippen LogP) is 3.40. The van der Waals surface area contributed by atoms with Gasteiger partial charge < -0.3 is 10.1 Å². The first-order chi connectivity index (χ1) is 9.22. The van der Waals surface area contributed by atoms with E-state index in [1.54, 1.807) is 6.07 Å². The van der Waals surface area contributed by atoms with E-state index in [-0.39, 0.29) is 0 Å². The lowest BCUT2D eigenvalue weighted by Crippen LogP contribution is -1.99. The molecule has 0 fully saturated rings. The van der Waals surface area contributed by atoms with E-state index in [1.807, 2.05) is 44.2 Å². The zero-order chi connectivity index (χ0) is 13.7. The normalized spacial score (nSPS) is 9.74. The van der Waals surface area contributed by atoms with Crippen LogP contribution in [0.4, 0.5) is 11.5 Å². The summed E-state index contributed by atoms with van der Waals surface area (Å²) >= 11 is 0. The van der Waals surface area contributed by atoms with Crippen LogP contribution in [0.5, 0.6) is 5.75 Å². The van der Waals surface area contributed by atoms with E-state index in [9.17, 15) is 0 Å². The third-order valence-corrected chi connectivity index (χ3v) is 2.56. The summed E-state index contributed by atoms with van der Waals surface area (Å²) in [6.45, 7) is 4.45. The van der Waals surface area contributed by atoms with E-state index in [4.69, 9.17) is 10.00 Å². The topological polar surface area (TPSA) is 57.9 Å². The molecule has 0 spiro atoms. The second kappa shape index (κ2) is 5.87. The largest absolute Gasteiger partial charge is 0.494 e. The summed E-state index contributed by atoms with van der Waals surface area (Å²) in [5.41, 5.74) is 2.23. The molecule has 2 aromatic rings. The Balaban J connectivity index is 2.28. The van der Waals surface area contributed by atoms with Crippen molar-refractivity contribution in [3.8, 4) is 11.8 Å². The Hall–Kier alpha value is -2.54. The van der Waals surface area contributed by atoms with Gasteiger partial charge in [-0.1, -0.05) is 6.07 Å². The molecule has 0 saturated carbocycles. The molecule has 0 aliphatic heterocycles. The molecule has 2 rings (SSSR count). The van der Waals surface area contributed by atoms with Crippen molar-refractivity contribution in [2.75, 3.05) is 11.9 Å². The van der Waals surface area contributed by atoms with Crippen LogP contribution in [0.25, 0.3) is 0 Å². The predicted molar refractivity (Wildman–Crippen MR) is 74.6 cm³/mol. The molecule has 0 atom stereocenters. The van der Waals surface area contributed by atoms with Gasteiger partial charge in [0.05, 0.1) is 12.2 Å². The van der Waals surface area contributed by atoms with Crippen molar-refractivity contribution in [2.24, 2.45) is 0 Å². The third kappa shape index (κ3) is 3.23. The second-order valence-corrected chi connectivity index (χ2v) is 4.05. The molecule has 96 valence electrons. The van der Waals surface area contributed by atoms with Gasteiger partial charge in [0, 0.05) is 17.4 Å². The van der Waals surface area contributed by atoms with Crippen LogP contribution in [0.15, 0.2) is 36.4 Å². The number of nitrogens with one attached hydrogen (secondary N) is 1. The summed E-state index contributed by atoms with van der Waals surface area (Å²) in [7, 11) is 0. The van der Waals surface area contributed by atoms with Gasteiger partial charge in [0.1, 0.15) is 17.6 Å². The molecule has 0 radical (unpaired) electrons. The van der Waals surface area contributed by atoms with Crippen molar-refractivity contribution < 1.29 is 4.74 Å². The van der Waals surface area contributed by atoms with Gasteiger partial charge in [0.15, 0.2) is 0 Å². The highest BCUT2D eigenvalue weighted by atomic mass is 16.5. The second-order valence-electron chi connectivity index (χ2n) is 4.05. The number of aryl methyl sites for hydroxylation is 1. The lowest BCUT2D eigenvalue weighted by Gasteiger charge is -2.10. The fourth-order valence-corrected chi connectivity index (χ4v) is 1.71. The van der Waals surface area contributed by atoms with Crippen molar-refractivity contribution in [3.63, 3.8) is 0 Å². The Morgan fingerprint density at radius 1 is 1.32 bits per heavy atom. The van der Waals surface area contributed by atoms with Crippen LogP contribution < -0.4 is 10.1 Å². The average molecular weight is 253 g/mol. The molecule has 0 unspecified atom stereocenters. The van der Waals surface area contributed by atoms with Gasteiger partial charge in [-0.05, 0) is 38.1 Å². The molecule has 1 aromatic carbocycles. The number of aromatic nitrogens is 1. The Bertz CT molecular complexity index is 617. The molecular weight excluding hydrogens is 238 g/mol. The summed E-state index contributed by atoms with van der Waals surface area (Å²) in [5.74, 6) is 1.36. The maximum atomic E-state index is 9.07. The van der Waals surface area contributed by atoms with Crippen molar-refractivity contribution in [2.45, 2.75) is 13.8 Å². The molecule has 1 heterocycles. The number of pyridine rings is 1. The lowest BCUT2D eigenvalue weighted by molar-refractivity contribution is 0.340. The lowest BCUT2D eigenvalue weighted by atomic mass is 10.2. The van der Waals surface area contributed by atoms with Crippen LogP contribution in [0.2, 0.25) is 0 Å². The van der Waals surface area contributed by atoms with Crippen molar-refractivity contribution in [3.05, 3.63) is 47.7 Å². The van der Waals surface area contributed by atoms with Gasteiger partial charge in [-0.2, -0.15) is 5.26 Å². The number of ether oxygens (including phenoxy) is 1. The Kier molecular flexibility index (Phi) is 3.99. The minimum absolute atomic E-state index is 0.521. The van der Waals surface area contributed by atoms with E-state index in [0.29, 0.717) is 18.0 Å². The molecule has 0 amide bonds. The summed E-state index contributed by atoms with van der Waals surface area (Å²) in [6, 6.07) is 13.3. The van der Waals surface area contributed by atoms with Crippen molar-refractivity contribution in [1.82, 2.24) is 4.98 Å². The van der Waals surface area contributed by atoms with Crippen LogP contribution in [-0.2, 0) is 0 Å². The highest BCUT2D eigenvalue weighted by Gasteiger charge is 2.05. The molecule has 1 N–H and O–H groups in total. The first-order valence-electron chi connectivity index (χ1n) is 6.10. The summed E-state index contributed by atoms with van der Waals surface area (Å²) in [6.07, 6.45) is 0. The minimum Gasteiger partial charge on any atom is -0.494 e. The molecule has 19 heavy (non-hydrogen) atoms. The van der Waals surface area contributed by atoms with Crippen molar-refractivity contribution in [1.29, 1.82) is 5.26 Å². The maximum absolute atomic E-state index is 9.07. The highest BCUT2D eigenvalue weighted by molar-refractivity contribution is 5.63. The van der Waals surface area contributed by atoms with Crippen LogP contribution in [0.3, 0.4) is 0 Å². The summed E-state index contributed by atoms with van der Waals surface area (Å²) in [5, 5.41) is 12.2. The van der Waals surface area contributed by atoms with Crippen LogP contribution in [0, 0.1) is 18.3 Å². The number of hydrogen-bond donors (Lipinski definition) is 1. The summed E-state index contributed by atoms with van der Waals surface area (Å²) < 4.78 is 5.44. The molecule has 0 bridgehead atoms. The number of hydrogen-bond acceptors (Lipinski definition) is 4. The highest BCUT2D eigenvalue weighted by Crippen LogP contribution is 2.22. The fraction of sp³-hybridized carbons (Fsp3) is 0.200. The number of nitrogens with zero attached hydrogens (tertiary/aromatic N) is 2. The van der Waals surface area contributed by atoms with Crippen LogP contribution in [0.1, 0.15) is 18.2 Å². The SMILES string of the molecule is CCOc1cccc(Nc2nc(C)ccc2C#N)c1. The minimum atomic E-state index is 0.521. The van der Waals surface area contributed by atoms with E-state index in [2.05, 4.69) is 16.4 Å². The smallest absolute Gasteiger partial charge is 0.148 e. The summed E-state index contributed by atoms with van der Waals surface area (Å²) in [4.78, 5) is 4.34. The third-order valence-electron chi connectivity index (χ3n) is 2.56. The number of nitriles is 1. The van der Waals surface area contributed by atoms with Gasteiger partial charge >= 0.3 is 0 Å². The fourth-order valence-electron chi connectivity index (χ4n) is 1.71. The van der Waals surface area contributed by atoms with Gasteiger partial charge in [-0.15, -0.1) is 0 Å². The first kappa shape index (κ1) is 12.9. The molecule has 0 aliphatic rings. The number of benzene rings is 1. The van der Waals surface area contributed by atoms with Crippen LogP contribution in [-0.4, -0.2) is 11.6 Å². The van der Waals surface area contributed by atoms with E-state index in [0.717, 1.165) is 17.1 Å². The van der Waals surface area contributed by atoms with E-state index < -0.39 is 0 Å².